The van der Waals surface area contributed by atoms with Crippen LogP contribution < -0.4 is 5.32 Å². The molecule has 0 aliphatic rings. The highest BCUT2D eigenvalue weighted by Gasteiger charge is 2.16. The monoisotopic (exact) mass is 417 g/mol. The molecule has 0 saturated heterocycles. The predicted octanol–water partition coefficient (Wildman–Crippen LogP) is 6.46. The molecule has 3 aromatic rings. The van der Waals surface area contributed by atoms with Crippen LogP contribution in [0.3, 0.4) is 0 Å². The van der Waals surface area contributed by atoms with Crippen molar-refractivity contribution in [2.45, 2.75) is 23.6 Å². The molecule has 0 aliphatic carbocycles. The summed E-state index contributed by atoms with van der Waals surface area (Å²) in [5.41, 5.74) is 3.04. The van der Waals surface area contributed by atoms with Crippen molar-refractivity contribution in [1.29, 1.82) is 0 Å². The normalized spacial score (nSPS) is 12.3. The number of hydrogen-bond acceptors (Lipinski definition) is 2. The Kier molecular flexibility index (Phi) is 8.04. The van der Waals surface area contributed by atoms with E-state index < -0.39 is 0 Å². The van der Waals surface area contributed by atoms with Gasteiger partial charge in [-0.1, -0.05) is 72.8 Å². The molecule has 1 amide bonds. The van der Waals surface area contributed by atoms with Gasteiger partial charge in [0.1, 0.15) is 5.82 Å². The van der Waals surface area contributed by atoms with Crippen molar-refractivity contribution in [3.05, 3.63) is 126 Å². The van der Waals surface area contributed by atoms with E-state index in [4.69, 9.17) is 0 Å². The second-order valence-electron chi connectivity index (χ2n) is 6.72. The fraction of sp³-hybridized carbons (Fsp3) is 0.115. The number of halogens is 1. The van der Waals surface area contributed by atoms with Crippen LogP contribution in [-0.2, 0) is 10.5 Å². The van der Waals surface area contributed by atoms with E-state index in [1.54, 1.807) is 36.0 Å². The minimum absolute atomic E-state index is 0.204. The largest absolute Gasteiger partial charge is 0.342 e. The SMILES string of the molecule is C/C=C/C=C/C(=O)NC(c1ccc(F)cc1)c1ccc(SCc2ccccc2)cc1. The number of benzene rings is 3. The first kappa shape index (κ1) is 21.6. The molecule has 0 spiro atoms. The van der Waals surface area contributed by atoms with E-state index in [0.29, 0.717) is 0 Å². The number of allylic oxidation sites excluding steroid dienone is 3. The molecule has 1 N–H and O–H groups in total. The molecule has 0 saturated carbocycles. The van der Waals surface area contributed by atoms with Gasteiger partial charge in [0.05, 0.1) is 6.04 Å². The van der Waals surface area contributed by atoms with Crippen molar-refractivity contribution < 1.29 is 9.18 Å². The van der Waals surface area contributed by atoms with Crippen LogP contribution in [0.15, 0.2) is 108 Å². The molecule has 3 rings (SSSR count). The van der Waals surface area contributed by atoms with Crippen molar-refractivity contribution in [1.82, 2.24) is 5.32 Å². The average Bonchev–Trinajstić information content (AvgIpc) is 2.78. The molecule has 0 radical (unpaired) electrons. The van der Waals surface area contributed by atoms with Gasteiger partial charge in [-0.15, -0.1) is 11.8 Å². The summed E-state index contributed by atoms with van der Waals surface area (Å²) < 4.78 is 13.4. The zero-order valence-corrected chi connectivity index (χ0v) is 17.6. The average molecular weight is 418 g/mol. The zero-order valence-electron chi connectivity index (χ0n) is 16.8. The lowest BCUT2D eigenvalue weighted by Gasteiger charge is -2.19. The summed E-state index contributed by atoms with van der Waals surface area (Å²) in [5, 5.41) is 3.02. The second-order valence-corrected chi connectivity index (χ2v) is 7.77. The van der Waals surface area contributed by atoms with Gasteiger partial charge in [0.15, 0.2) is 0 Å². The maximum absolute atomic E-state index is 13.4. The Hall–Kier alpha value is -3.11. The van der Waals surface area contributed by atoms with E-state index in [2.05, 4.69) is 29.6 Å². The third kappa shape index (κ3) is 6.46. The summed E-state index contributed by atoms with van der Waals surface area (Å²) in [6.07, 6.45) is 6.83. The number of hydrogen-bond donors (Lipinski definition) is 1. The first-order chi connectivity index (χ1) is 14.7. The number of carbonyl (C=O) groups is 1. The Bertz CT molecular complexity index is 995. The summed E-state index contributed by atoms with van der Waals surface area (Å²) in [7, 11) is 0. The number of thioether (sulfide) groups is 1. The number of rotatable bonds is 8. The van der Waals surface area contributed by atoms with Crippen molar-refractivity contribution in [2.24, 2.45) is 0 Å². The van der Waals surface area contributed by atoms with Crippen LogP contribution in [0.1, 0.15) is 29.7 Å². The van der Waals surface area contributed by atoms with Crippen LogP contribution in [0.25, 0.3) is 0 Å². The van der Waals surface area contributed by atoms with E-state index in [1.165, 1.54) is 23.8 Å². The molecule has 0 aliphatic heterocycles. The number of carbonyl (C=O) groups excluding carboxylic acids is 1. The van der Waals surface area contributed by atoms with Crippen LogP contribution in [0.2, 0.25) is 0 Å². The summed E-state index contributed by atoms with van der Waals surface area (Å²) in [6.45, 7) is 1.89. The van der Waals surface area contributed by atoms with Gasteiger partial charge in [0, 0.05) is 16.7 Å². The zero-order chi connectivity index (χ0) is 21.2. The van der Waals surface area contributed by atoms with Gasteiger partial charge in [-0.05, 0) is 47.9 Å². The van der Waals surface area contributed by atoms with Crippen LogP contribution in [0, 0.1) is 5.82 Å². The molecule has 1 unspecified atom stereocenters. The van der Waals surface area contributed by atoms with E-state index in [0.717, 1.165) is 21.8 Å². The Balaban J connectivity index is 1.76. The van der Waals surface area contributed by atoms with Crippen molar-refractivity contribution in [3.63, 3.8) is 0 Å². The molecule has 152 valence electrons. The van der Waals surface area contributed by atoms with Gasteiger partial charge >= 0.3 is 0 Å². The first-order valence-electron chi connectivity index (χ1n) is 9.77. The van der Waals surface area contributed by atoms with E-state index in [1.807, 2.05) is 43.3 Å². The molecule has 2 nitrogen and oxygen atoms in total. The second kappa shape index (κ2) is 11.2. The minimum Gasteiger partial charge on any atom is -0.342 e. The maximum atomic E-state index is 13.4. The van der Waals surface area contributed by atoms with Gasteiger partial charge in [-0.25, -0.2) is 4.39 Å². The summed E-state index contributed by atoms with van der Waals surface area (Å²) in [4.78, 5) is 13.5. The van der Waals surface area contributed by atoms with Gasteiger partial charge in [-0.3, -0.25) is 4.79 Å². The Morgan fingerprint density at radius 1 is 0.933 bits per heavy atom. The molecule has 30 heavy (non-hydrogen) atoms. The van der Waals surface area contributed by atoms with E-state index in [-0.39, 0.29) is 17.8 Å². The molecule has 0 bridgehead atoms. The van der Waals surface area contributed by atoms with Crippen molar-refractivity contribution in [3.8, 4) is 0 Å². The van der Waals surface area contributed by atoms with Crippen molar-refractivity contribution in [2.75, 3.05) is 0 Å². The lowest BCUT2D eigenvalue weighted by atomic mass is 9.98. The third-order valence-corrected chi connectivity index (χ3v) is 5.59. The van der Waals surface area contributed by atoms with Gasteiger partial charge in [0.2, 0.25) is 5.91 Å². The lowest BCUT2D eigenvalue weighted by molar-refractivity contribution is -0.117. The molecule has 0 heterocycles. The van der Waals surface area contributed by atoms with E-state index in [9.17, 15) is 9.18 Å². The quantitative estimate of drug-likeness (QED) is 0.259. The maximum Gasteiger partial charge on any atom is 0.244 e. The molecule has 3 aromatic carbocycles. The molecule has 0 aromatic heterocycles. The topological polar surface area (TPSA) is 29.1 Å². The van der Waals surface area contributed by atoms with Crippen LogP contribution >= 0.6 is 11.8 Å². The van der Waals surface area contributed by atoms with Crippen LogP contribution in [-0.4, -0.2) is 5.91 Å². The fourth-order valence-electron chi connectivity index (χ4n) is 2.96. The molecule has 4 heteroatoms. The standard InChI is InChI=1S/C26H24FNOS/c1-2-3-5-10-25(29)28-26(21-11-15-23(27)16-12-21)22-13-17-24(18-14-22)30-19-20-8-6-4-7-9-20/h2-18,26H,19H2,1H3,(H,28,29)/b3-2+,10-5+. The smallest absolute Gasteiger partial charge is 0.244 e. The van der Waals surface area contributed by atoms with E-state index >= 15 is 0 Å². The minimum atomic E-state index is -0.360. The lowest BCUT2D eigenvalue weighted by Crippen LogP contribution is -2.27. The highest BCUT2D eigenvalue weighted by Crippen LogP contribution is 2.27. The summed E-state index contributed by atoms with van der Waals surface area (Å²) in [5.74, 6) is 0.392. The fourth-order valence-corrected chi connectivity index (χ4v) is 3.81. The summed E-state index contributed by atoms with van der Waals surface area (Å²) in [6, 6.07) is 24.3. The van der Waals surface area contributed by atoms with Gasteiger partial charge < -0.3 is 5.32 Å². The summed E-state index contributed by atoms with van der Waals surface area (Å²) >= 11 is 1.76. The Labute approximate surface area is 181 Å². The molecule has 0 fully saturated rings. The van der Waals surface area contributed by atoms with Crippen LogP contribution in [0.5, 0.6) is 0 Å². The highest BCUT2D eigenvalue weighted by molar-refractivity contribution is 7.98. The predicted molar refractivity (Wildman–Crippen MR) is 123 cm³/mol. The van der Waals surface area contributed by atoms with Crippen LogP contribution in [0.4, 0.5) is 4.39 Å². The third-order valence-electron chi connectivity index (χ3n) is 4.50. The number of nitrogens with one attached hydrogen (secondary N) is 1. The van der Waals surface area contributed by atoms with Gasteiger partial charge in [-0.2, -0.15) is 0 Å². The highest BCUT2D eigenvalue weighted by atomic mass is 32.2. The van der Waals surface area contributed by atoms with Crippen molar-refractivity contribution >= 4 is 17.7 Å². The Morgan fingerprint density at radius 2 is 1.57 bits per heavy atom. The molecular weight excluding hydrogens is 393 g/mol. The Morgan fingerprint density at radius 3 is 2.20 bits per heavy atom. The first-order valence-corrected chi connectivity index (χ1v) is 10.8. The molecular formula is C26H24FNOS. The number of amides is 1. The van der Waals surface area contributed by atoms with Gasteiger partial charge in [0.25, 0.3) is 0 Å². The molecule has 1 atom stereocenters.